The van der Waals surface area contributed by atoms with Crippen LogP contribution in [0.2, 0.25) is 0 Å². The fourth-order valence-corrected chi connectivity index (χ4v) is 2.37. The van der Waals surface area contributed by atoms with Crippen LogP contribution < -0.4 is 10.1 Å². The summed E-state index contributed by atoms with van der Waals surface area (Å²) >= 11 is 1.95. The number of unbranched alkanes of at least 4 members (excludes halogenated alkanes) is 3. The number of benzene rings is 1. The van der Waals surface area contributed by atoms with Gasteiger partial charge in [0, 0.05) is 0 Å². The molecule has 0 saturated heterocycles. The Kier molecular flexibility index (Phi) is 10.7. The Hall–Kier alpha value is -0.670. The zero-order chi connectivity index (χ0) is 13.6. The van der Waals surface area contributed by atoms with Gasteiger partial charge in [-0.2, -0.15) is 11.8 Å². The average molecular weight is 281 g/mol. The van der Waals surface area contributed by atoms with Crippen molar-refractivity contribution in [3.63, 3.8) is 0 Å². The number of hydrogen-bond donors (Lipinski definition) is 1. The number of para-hydroxylation sites is 1. The lowest BCUT2D eigenvalue weighted by Gasteiger charge is -2.07. The lowest BCUT2D eigenvalue weighted by molar-refractivity contribution is 0.308. The first-order chi connectivity index (χ1) is 9.43. The molecule has 0 aliphatic heterocycles. The van der Waals surface area contributed by atoms with Crippen LogP contribution in [-0.2, 0) is 0 Å². The molecule has 0 aliphatic rings. The predicted octanol–water partition coefficient (Wildman–Crippen LogP) is 3.97. The van der Waals surface area contributed by atoms with Crippen molar-refractivity contribution in [3.8, 4) is 5.75 Å². The minimum Gasteiger partial charge on any atom is -0.494 e. The molecule has 1 N–H and O–H groups in total. The van der Waals surface area contributed by atoms with E-state index in [-0.39, 0.29) is 0 Å². The summed E-state index contributed by atoms with van der Waals surface area (Å²) in [5.74, 6) is 2.28. The van der Waals surface area contributed by atoms with Gasteiger partial charge in [-0.05, 0) is 56.5 Å². The lowest BCUT2D eigenvalue weighted by Crippen LogP contribution is -2.18. The van der Waals surface area contributed by atoms with E-state index in [1.807, 2.05) is 42.1 Å². The van der Waals surface area contributed by atoms with Gasteiger partial charge >= 0.3 is 0 Å². The maximum Gasteiger partial charge on any atom is 0.119 e. The van der Waals surface area contributed by atoms with Gasteiger partial charge in [-0.1, -0.05) is 31.0 Å². The molecule has 0 bridgehead atoms. The first-order valence-electron chi connectivity index (χ1n) is 7.31. The largest absolute Gasteiger partial charge is 0.494 e. The van der Waals surface area contributed by atoms with Crippen molar-refractivity contribution in [2.45, 2.75) is 32.1 Å². The summed E-state index contributed by atoms with van der Waals surface area (Å²) in [5, 5.41) is 3.48. The smallest absolute Gasteiger partial charge is 0.119 e. The van der Waals surface area contributed by atoms with E-state index >= 15 is 0 Å². The molecule has 108 valence electrons. The van der Waals surface area contributed by atoms with E-state index in [0.717, 1.165) is 31.9 Å². The molecule has 0 aromatic heterocycles. The van der Waals surface area contributed by atoms with Gasteiger partial charge in [0.05, 0.1) is 6.61 Å². The summed E-state index contributed by atoms with van der Waals surface area (Å²) in [6.07, 6.45) is 8.65. The second kappa shape index (κ2) is 12.4. The van der Waals surface area contributed by atoms with E-state index in [1.165, 1.54) is 31.4 Å². The molecule has 3 heteroatoms. The van der Waals surface area contributed by atoms with Crippen molar-refractivity contribution in [3.05, 3.63) is 30.3 Å². The molecule has 0 unspecified atom stereocenters. The van der Waals surface area contributed by atoms with E-state index in [1.54, 1.807) is 0 Å². The molecule has 1 rings (SSSR count). The van der Waals surface area contributed by atoms with Crippen LogP contribution in [0.1, 0.15) is 32.1 Å². The molecule has 0 aliphatic carbocycles. The molecule has 0 spiro atoms. The second-order valence-corrected chi connectivity index (χ2v) is 5.66. The topological polar surface area (TPSA) is 21.3 Å². The molecular formula is C16H27NOS. The average Bonchev–Trinajstić information content (AvgIpc) is 2.46. The Bertz CT molecular complexity index is 292. The first-order valence-corrected chi connectivity index (χ1v) is 8.70. The molecule has 2 nitrogen and oxygen atoms in total. The number of thioether (sulfide) groups is 1. The Morgan fingerprint density at radius 2 is 1.68 bits per heavy atom. The van der Waals surface area contributed by atoms with Gasteiger partial charge in [-0.25, -0.2) is 0 Å². The van der Waals surface area contributed by atoms with Gasteiger partial charge in [0.2, 0.25) is 0 Å². The molecule has 0 radical (unpaired) electrons. The van der Waals surface area contributed by atoms with Gasteiger partial charge in [-0.3, -0.25) is 0 Å². The molecule has 1 aromatic rings. The van der Waals surface area contributed by atoms with Gasteiger partial charge in [0.1, 0.15) is 5.75 Å². The zero-order valence-electron chi connectivity index (χ0n) is 12.1. The van der Waals surface area contributed by atoms with E-state index < -0.39 is 0 Å². The van der Waals surface area contributed by atoms with Crippen molar-refractivity contribution in [2.24, 2.45) is 0 Å². The van der Waals surface area contributed by atoms with Crippen LogP contribution in [0.3, 0.4) is 0 Å². The molecule has 1 aromatic carbocycles. The van der Waals surface area contributed by atoms with Crippen molar-refractivity contribution < 1.29 is 4.74 Å². The maximum absolute atomic E-state index is 5.64. The lowest BCUT2D eigenvalue weighted by atomic mass is 10.2. The van der Waals surface area contributed by atoms with Crippen molar-refractivity contribution >= 4 is 11.8 Å². The van der Waals surface area contributed by atoms with E-state index in [2.05, 4.69) is 11.6 Å². The maximum atomic E-state index is 5.64. The SMILES string of the molecule is CSCCCCCCNCCCOc1ccccc1. The fraction of sp³-hybridized carbons (Fsp3) is 0.625. The van der Waals surface area contributed by atoms with Crippen LogP contribution in [0.15, 0.2) is 30.3 Å². The standard InChI is InChI=1S/C16H27NOS/c1-19-15-8-3-2-7-12-17-13-9-14-18-16-10-5-4-6-11-16/h4-6,10-11,17H,2-3,7-9,12-15H2,1H3. The number of rotatable bonds is 12. The number of hydrogen-bond acceptors (Lipinski definition) is 3. The van der Waals surface area contributed by atoms with Crippen LogP contribution in [0, 0.1) is 0 Å². The Labute approximate surface area is 122 Å². The fourth-order valence-electron chi connectivity index (χ4n) is 1.88. The normalized spacial score (nSPS) is 10.6. The summed E-state index contributed by atoms with van der Waals surface area (Å²) in [4.78, 5) is 0. The highest BCUT2D eigenvalue weighted by Gasteiger charge is 1.93. The third-order valence-electron chi connectivity index (χ3n) is 2.96. The van der Waals surface area contributed by atoms with Crippen molar-refractivity contribution in [1.29, 1.82) is 0 Å². The highest BCUT2D eigenvalue weighted by molar-refractivity contribution is 7.98. The quantitative estimate of drug-likeness (QED) is 0.586. The summed E-state index contributed by atoms with van der Waals surface area (Å²) in [7, 11) is 0. The van der Waals surface area contributed by atoms with Crippen molar-refractivity contribution in [1.82, 2.24) is 5.32 Å². The second-order valence-electron chi connectivity index (χ2n) is 4.67. The van der Waals surface area contributed by atoms with Crippen LogP contribution in [0.25, 0.3) is 0 Å². The van der Waals surface area contributed by atoms with E-state index in [0.29, 0.717) is 0 Å². The third-order valence-corrected chi connectivity index (χ3v) is 3.66. The summed E-state index contributed by atoms with van der Waals surface area (Å²) in [6.45, 7) is 2.99. The number of nitrogens with one attached hydrogen (secondary N) is 1. The minimum atomic E-state index is 0.796. The van der Waals surface area contributed by atoms with Crippen LogP contribution in [-0.4, -0.2) is 31.7 Å². The Balaban J connectivity index is 1.79. The van der Waals surface area contributed by atoms with E-state index in [9.17, 15) is 0 Å². The summed E-state index contributed by atoms with van der Waals surface area (Å²) < 4.78 is 5.64. The minimum absolute atomic E-state index is 0.796. The zero-order valence-corrected chi connectivity index (χ0v) is 12.9. The highest BCUT2D eigenvalue weighted by Crippen LogP contribution is 2.08. The van der Waals surface area contributed by atoms with Gasteiger partial charge in [0.25, 0.3) is 0 Å². The van der Waals surface area contributed by atoms with Gasteiger partial charge in [0.15, 0.2) is 0 Å². The molecule has 0 heterocycles. The molecule has 0 fully saturated rings. The summed E-state index contributed by atoms with van der Waals surface area (Å²) in [6, 6.07) is 10.0. The Morgan fingerprint density at radius 1 is 0.947 bits per heavy atom. The van der Waals surface area contributed by atoms with Crippen LogP contribution in [0.4, 0.5) is 0 Å². The predicted molar refractivity (Wildman–Crippen MR) is 86.3 cm³/mol. The highest BCUT2D eigenvalue weighted by atomic mass is 32.2. The molecule has 0 amide bonds. The first kappa shape index (κ1) is 16.4. The third kappa shape index (κ3) is 9.85. The molecular weight excluding hydrogens is 254 g/mol. The number of ether oxygens (including phenoxy) is 1. The van der Waals surface area contributed by atoms with Crippen molar-refractivity contribution in [2.75, 3.05) is 31.7 Å². The molecule has 0 atom stereocenters. The Morgan fingerprint density at radius 3 is 2.47 bits per heavy atom. The molecule has 0 saturated carbocycles. The van der Waals surface area contributed by atoms with Gasteiger partial charge < -0.3 is 10.1 Å². The monoisotopic (exact) mass is 281 g/mol. The van der Waals surface area contributed by atoms with Crippen LogP contribution in [0.5, 0.6) is 5.75 Å². The van der Waals surface area contributed by atoms with Crippen LogP contribution >= 0.6 is 11.8 Å². The molecule has 19 heavy (non-hydrogen) atoms. The van der Waals surface area contributed by atoms with Gasteiger partial charge in [-0.15, -0.1) is 0 Å². The summed E-state index contributed by atoms with van der Waals surface area (Å²) in [5.41, 5.74) is 0. The van der Waals surface area contributed by atoms with E-state index in [4.69, 9.17) is 4.74 Å².